The Labute approximate surface area is 103 Å². The molecule has 0 radical (unpaired) electrons. The average Bonchev–Trinajstić information content (AvgIpc) is 2.29. The minimum atomic E-state index is 0.484. The molecule has 0 aromatic heterocycles. The molecule has 1 nitrogen and oxygen atoms in total. The first-order valence-electron chi connectivity index (χ1n) is 6.17. The summed E-state index contributed by atoms with van der Waals surface area (Å²) in [5, 5.41) is 4.32. The topological polar surface area (TPSA) is 12.0 Å². The highest BCUT2D eigenvalue weighted by atomic mass is 35.5. The summed E-state index contributed by atoms with van der Waals surface area (Å²) in [6, 6.07) is 7.98. The summed E-state index contributed by atoms with van der Waals surface area (Å²) in [6.45, 7) is 3.48. The van der Waals surface area contributed by atoms with E-state index in [0.717, 1.165) is 11.6 Å². The summed E-state index contributed by atoms with van der Waals surface area (Å²) >= 11 is 5.86. The lowest BCUT2D eigenvalue weighted by Gasteiger charge is -2.34. The van der Waals surface area contributed by atoms with E-state index < -0.39 is 0 Å². The van der Waals surface area contributed by atoms with Crippen molar-refractivity contribution in [3.05, 3.63) is 29.3 Å². The van der Waals surface area contributed by atoms with E-state index in [9.17, 15) is 0 Å². The van der Waals surface area contributed by atoms with Crippen molar-refractivity contribution in [1.82, 2.24) is 0 Å². The van der Waals surface area contributed by atoms with Crippen molar-refractivity contribution < 1.29 is 0 Å². The molecular formula is C14H20ClN. The lowest BCUT2D eigenvalue weighted by molar-refractivity contribution is 0.233. The molecule has 0 spiro atoms. The maximum absolute atomic E-state index is 5.86. The van der Waals surface area contributed by atoms with Gasteiger partial charge in [0.2, 0.25) is 0 Å². The molecule has 0 aliphatic heterocycles. The maximum Gasteiger partial charge on any atom is 0.0407 e. The van der Waals surface area contributed by atoms with Gasteiger partial charge in [-0.15, -0.1) is 0 Å². The van der Waals surface area contributed by atoms with E-state index in [2.05, 4.69) is 24.4 Å². The summed E-state index contributed by atoms with van der Waals surface area (Å²) in [6.07, 6.45) is 6.90. The van der Waals surface area contributed by atoms with Gasteiger partial charge in [0, 0.05) is 17.3 Å². The monoisotopic (exact) mass is 237 g/mol. The molecular weight excluding hydrogens is 218 g/mol. The van der Waals surface area contributed by atoms with Gasteiger partial charge in [-0.25, -0.2) is 0 Å². The van der Waals surface area contributed by atoms with Crippen LogP contribution in [0, 0.1) is 5.41 Å². The van der Waals surface area contributed by atoms with E-state index in [1.165, 1.54) is 37.8 Å². The minimum Gasteiger partial charge on any atom is -0.384 e. The Kier molecular flexibility index (Phi) is 3.75. The van der Waals surface area contributed by atoms with Gasteiger partial charge in [-0.2, -0.15) is 0 Å². The average molecular weight is 238 g/mol. The Morgan fingerprint density at radius 2 is 1.75 bits per heavy atom. The highest BCUT2D eigenvalue weighted by Crippen LogP contribution is 2.35. The first kappa shape index (κ1) is 11.8. The Hall–Kier alpha value is -0.690. The molecule has 2 heteroatoms. The molecule has 1 saturated carbocycles. The van der Waals surface area contributed by atoms with Crippen LogP contribution in [0.15, 0.2) is 24.3 Å². The van der Waals surface area contributed by atoms with Gasteiger partial charge in [0.25, 0.3) is 0 Å². The second-order valence-corrected chi connectivity index (χ2v) is 5.67. The second kappa shape index (κ2) is 5.09. The highest BCUT2D eigenvalue weighted by molar-refractivity contribution is 6.30. The summed E-state index contributed by atoms with van der Waals surface area (Å²) in [5.41, 5.74) is 1.66. The van der Waals surface area contributed by atoms with E-state index in [1.807, 2.05) is 12.1 Å². The van der Waals surface area contributed by atoms with Crippen molar-refractivity contribution in [3.8, 4) is 0 Å². The van der Waals surface area contributed by atoms with Gasteiger partial charge in [0.15, 0.2) is 0 Å². The zero-order valence-corrected chi connectivity index (χ0v) is 10.7. The van der Waals surface area contributed by atoms with Crippen LogP contribution >= 0.6 is 11.6 Å². The van der Waals surface area contributed by atoms with Gasteiger partial charge in [-0.1, -0.05) is 37.8 Å². The van der Waals surface area contributed by atoms with Gasteiger partial charge < -0.3 is 5.32 Å². The standard InChI is InChI=1S/C14H20ClN/c1-14(9-3-2-4-10-14)11-16-13-7-5-12(15)6-8-13/h5-8,16H,2-4,9-11H2,1H3. The molecule has 0 atom stereocenters. The zero-order chi connectivity index (χ0) is 11.4. The predicted octanol–water partition coefficient (Wildman–Crippen LogP) is 4.72. The van der Waals surface area contributed by atoms with Gasteiger partial charge >= 0.3 is 0 Å². The first-order chi connectivity index (χ1) is 7.68. The van der Waals surface area contributed by atoms with Crippen LogP contribution in [0.1, 0.15) is 39.0 Å². The fraction of sp³-hybridized carbons (Fsp3) is 0.571. The van der Waals surface area contributed by atoms with Crippen molar-refractivity contribution in [2.24, 2.45) is 5.41 Å². The molecule has 88 valence electrons. The largest absolute Gasteiger partial charge is 0.384 e. The van der Waals surface area contributed by atoms with Crippen LogP contribution in [0.2, 0.25) is 5.02 Å². The van der Waals surface area contributed by atoms with E-state index in [1.54, 1.807) is 0 Å². The molecule has 0 saturated heterocycles. The van der Waals surface area contributed by atoms with Gasteiger partial charge in [0.05, 0.1) is 0 Å². The molecule has 0 amide bonds. The number of hydrogen-bond donors (Lipinski definition) is 1. The second-order valence-electron chi connectivity index (χ2n) is 5.23. The minimum absolute atomic E-state index is 0.484. The molecule has 1 aromatic rings. The van der Waals surface area contributed by atoms with Crippen molar-refractivity contribution >= 4 is 17.3 Å². The van der Waals surface area contributed by atoms with Crippen LogP contribution in [0.25, 0.3) is 0 Å². The van der Waals surface area contributed by atoms with E-state index in [-0.39, 0.29) is 0 Å². The Morgan fingerprint density at radius 1 is 1.12 bits per heavy atom. The van der Waals surface area contributed by atoms with Crippen LogP contribution in [0.4, 0.5) is 5.69 Å². The fourth-order valence-corrected chi connectivity index (χ4v) is 2.59. The van der Waals surface area contributed by atoms with Crippen molar-refractivity contribution in [3.63, 3.8) is 0 Å². The quantitative estimate of drug-likeness (QED) is 0.802. The molecule has 16 heavy (non-hydrogen) atoms. The number of rotatable bonds is 3. The van der Waals surface area contributed by atoms with Gasteiger partial charge in [-0.3, -0.25) is 0 Å². The molecule has 0 heterocycles. The molecule has 1 N–H and O–H groups in total. The van der Waals surface area contributed by atoms with E-state index >= 15 is 0 Å². The van der Waals surface area contributed by atoms with Crippen LogP contribution < -0.4 is 5.32 Å². The number of benzene rings is 1. The number of hydrogen-bond acceptors (Lipinski definition) is 1. The lowest BCUT2D eigenvalue weighted by atomic mass is 9.76. The van der Waals surface area contributed by atoms with E-state index in [0.29, 0.717) is 5.41 Å². The molecule has 1 aliphatic carbocycles. The third kappa shape index (κ3) is 3.15. The zero-order valence-electron chi connectivity index (χ0n) is 9.93. The molecule has 0 unspecified atom stereocenters. The molecule has 1 aliphatic rings. The fourth-order valence-electron chi connectivity index (χ4n) is 2.47. The van der Waals surface area contributed by atoms with Gasteiger partial charge in [0.1, 0.15) is 0 Å². The molecule has 0 bridgehead atoms. The summed E-state index contributed by atoms with van der Waals surface area (Å²) < 4.78 is 0. The van der Waals surface area contributed by atoms with Crippen molar-refractivity contribution in [1.29, 1.82) is 0 Å². The third-order valence-corrected chi connectivity index (χ3v) is 3.88. The molecule has 1 aromatic carbocycles. The smallest absolute Gasteiger partial charge is 0.0407 e. The Morgan fingerprint density at radius 3 is 2.38 bits per heavy atom. The Balaban J connectivity index is 1.88. The summed E-state index contributed by atoms with van der Waals surface area (Å²) in [4.78, 5) is 0. The van der Waals surface area contributed by atoms with Crippen LogP contribution in [-0.2, 0) is 0 Å². The number of halogens is 1. The lowest BCUT2D eigenvalue weighted by Crippen LogP contribution is -2.28. The maximum atomic E-state index is 5.86. The normalized spacial score (nSPS) is 19.4. The summed E-state index contributed by atoms with van der Waals surface area (Å²) in [7, 11) is 0. The van der Waals surface area contributed by atoms with Crippen LogP contribution in [0.5, 0.6) is 0 Å². The van der Waals surface area contributed by atoms with Crippen LogP contribution in [-0.4, -0.2) is 6.54 Å². The molecule has 1 fully saturated rings. The van der Waals surface area contributed by atoms with E-state index in [4.69, 9.17) is 11.6 Å². The highest BCUT2D eigenvalue weighted by Gasteiger charge is 2.26. The first-order valence-corrected chi connectivity index (χ1v) is 6.55. The Bertz CT molecular complexity index is 325. The number of anilines is 1. The predicted molar refractivity (Wildman–Crippen MR) is 71.1 cm³/mol. The number of nitrogens with one attached hydrogen (secondary N) is 1. The third-order valence-electron chi connectivity index (χ3n) is 3.62. The van der Waals surface area contributed by atoms with Crippen molar-refractivity contribution in [2.45, 2.75) is 39.0 Å². The van der Waals surface area contributed by atoms with Crippen molar-refractivity contribution in [2.75, 3.05) is 11.9 Å². The molecule has 2 rings (SSSR count). The van der Waals surface area contributed by atoms with Crippen LogP contribution in [0.3, 0.4) is 0 Å². The summed E-state index contributed by atoms with van der Waals surface area (Å²) in [5.74, 6) is 0. The van der Waals surface area contributed by atoms with Gasteiger partial charge in [-0.05, 0) is 42.5 Å². The SMILES string of the molecule is CC1(CNc2ccc(Cl)cc2)CCCCC1.